The number of nitrogens with zero attached hydrogens (tertiary/aromatic N) is 2. The second-order valence-electron chi connectivity index (χ2n) is 8.30. The number of rotatable bonds is 4. The molecule has 0 radical (unpaired) electrons. The molecule has 0 unspecified atom stereocenters. The summed E-state index contributed by atoms with van der Waals surface area (Å²) in [6.07, 6.45) is 4.67. The molecule has 1 fully saturated rings. The van der Waals surface area contributed by atoms with Crippen LogP contribution < -0.4 is 10.6 Å². The molecule has 2 amide bonds. The largest absolute Gasteiger partial charge is 0.357 e. The fourth-order valence-corrected chi connectivity index (χ4v) is 4.41. The number of carbonyl (C=O) groups excluding carboxylic acids is 2. The predicted octanol–water partition coefficient (Wildman–Crippen LogP) is 2.97. The fourth-order valence-electron chi connectivity index (χ4n) is 4.41. The maximum Gasteiger partial charge on any atom is 0.256 e. The summed E-state index contributed by atoms with van der Waals surface area (Å²) in [5, 5.41) is 6.74. The topological polar surface area (TPSA) is 90.1 Å². The summed E-state index contributed by atoms with van der Waals surface area (Å²) < 4.78 is 0. The third kappa shape index (κ3) is 3.68. The Morgan fingerprint density at radius 2 is 2.17 bits per heavy atom. The van der Waals surface area contributed by atoms with Crippen LogP contribution in [0, 0.1) is 0 Å². The lowest BCUT2D eigenvalue weighted by atomic mass is 9.98. The number of H-pyrrole nitrogens is 1. The second-order valence-corrected chi connectivity index (χ2v) is 8.30. The Kier molecular flexibility index (Phi) is 4.75. The van der Waals surface area contributed by atoms with Gasteiger partial charge in [0.15, 0.2) is 0 Å². The first kappa shape index (κ1) is 18.8. The van der Waals surface area contributed by atoms with Gasteiger partial charge in [-0.25, -0.2) is 4.98 Å². The molecule has 1 aromatic carbocycles. The molecule has 0 saturated carbocycles. The van der Waals surface area contributed by atoms with Crippen molar-refractivity contribution in [3.8, 4) is 0 Å². The first-order valence-corrected chi connectivity index (χ1v) is 10.5. The lowest BCUT2D eigenvalue weighted by Gasteiger charge is -2.19. The van der Waals surface area contributed by atoms with Crippen LogP contribution in [0.15, 0.2) is 36.5 Å². The Labute approximate surface area is 174 Å². The molecule has 2 aromatic heterocycles. The van der Waals surface area contributed by atoms with Gasteiger partial charge in [-0.3, -0.25) is 14.5 Å². The van der Waals surface area contributed by atoms with Gasteiger partial charge in [0.05, 0.1) is 11.9 Å². The third-order valence-electron chi connectivity index (χ3n) is 6.16. The molecule has 3 N–H and O–H groups in total. The zero-order valence-corrected chi connectivity index (χ0v) is 17.0. The van der Waals surface area contributed by atoms with E-state index < -0.39 is 0 Å². The van der Waals surface area contributed by atoms with Crippen LogP contribution in [0.5, 0.6) is 0 Å². The van der Waals surface area contributed by atoms with Crippen LogP contribution >= 0.6 is 0 Å². The van der Waals surface area contributed by atoms with Crippen LogP contribution in [0.1, 0.15) is 46.9 Å². The molecule has 7 heteroatoms. The maximum absolute atomic E-state index is 12.7. The number of pyridine rings is 1. The van der Waals surface area contributed by atoms with Gasteiger partial charge in [0.2, 0.25) is 5.91 Å². The molecule has 0 aliphatic carbocycles. The van der Waals surface area contributed by atoms with E-state index in [2.05, 4.69) is 38.5 Å². The second kappa shape index (κ2) is 7.57. The molecule has 2 aliphatic heterocycles. The van der Waals surface area contributed by atoms with Crippen LogP contribution in [0.2, 0.25) is 0 Å². The van der Waals surface area contributed by atoms with Crippen molar-refractivity contribution in [2.75, 3.05) is 11.9 Å². The standard InChI is InChI=1S/C23H25N5O2/c1-14-3-2-6-28(14)13-19-8-18-12-24-21(10-20(18)26-19)27-23(30)16-5-4-15-9-22(29)25-11-17(15)7-16/h4-5,7-8,10,12,14,26H,2-3,6,9,11,13H2,1H3,(H,25,29)(H,24,27,30)/t14-/m0/s1. The first-order chi connectivity index (χ1) is 14.5. The van der Waals surface area contributed by atoms with Crippen molar-refractivity contribution in [1.82, 2.24) is 20.2 Å². The third-order valence-corrected chi connectivity index (χ3v) is 6.16. The molecule has 1 saturated heterocycles. The van der Waals surface area contributed by atoms with Gasteiger partial charge in [-0.05, 0) is 55.6 Å². The molecule has 2 aliphatic rings. The Morgan fingerprint density at radius 1 is 1.27 bits per heavy atom. The summed E-state index contributed by atoms with van der Waals surface area (Å²) >= 11 is 0. The minimum atomic E-state index is -0.209. The summed E-state index contributed by atoms with van der Waals surface area (Å²) in [6, 6.07) is 10.1. The molecular weight excluding hydrogens is 378 g/mol. The highest BCUT2D eigenvalue weighted by atomic mass is 16.2. The van der Waals surface area contributed by atoms with E-state index in [0.717, 1.165) is 35.1 Å². The van der Waals surface area contributed by atoms with Crippen molar-refractivity contribution in [2.45, 2.75) is 45.3 Å². The van der Waals surface area contributed by atoms with Gasteiger partial charge in [-0.15, -0.1) is 0 Å². The number of aromatic amines is 1. The molecule has 1 atom stereocenters. The van der Waals surface area contributed by atoms with Gasteiger partial charge >= 0.3 is 0 Å². The smallest absolute Gasteiger partial charge is 0.256 e. The molecule has 154 valence electrons. The summed E-state index contributed by atoms with van der Waals surface area (Å²) in [7, 11) is 0. The van der Waals surface area contributed by atoms with Crippen molar-refractivity contribution < 1.29 is 9.59 Å². The number of anilines is 1. The van der Waals surface area contributed by atoms with E-state index in [1.54, 1.807) is 12.3 Å². The van der Waals surface area contributed by atoms with Crippen molar-refractivity contribution in [2.24, 2.45) is 0 Å². The quantitative estimate of drug-likeness (QED) is 0.625. The van der Waals surface area contributed by atoms with E-state index in [0.29, 0.717) is 30.4 Å². The normalized spacial score (nSPS) is 19.0. The SMILES string of the molecule is C[C@H]1CCCN1Cc1cc2cnc(NC(=O)c3ccc4c(c3)CNC(=O)C4)cc2[nH]1. The van der Waals surface area contributed by atoms with E-state index in [1.807, 2.05) is 18.2 Å². The van der Waals surface area contributed by atoms with Crippen LogP contribution in [-0.4, -0.2) is 39.3 Å². The number of hydrogen-bond donors (Lipinski definition) is 3. The average molecular weight is 403 g/mol. The van der Waals surface area contributed by atoms with Crippen molar-refractivity contribution in [1.29, 1.82) is 0 Å². The summed E-state index contributed by atoms with van der Waals surface area (Å²) in [6.45, 7) is 4.78. The molecule has 4 heterocycles. The average Bonchev–Trinajstić information content (AvgIpc) is 3.32. The van der Waals surface area contributed by atoms with Gasteiger partial charge in [0.1, 0.15) is 5.82 Å². The number of nitrogens with one attached hydrogen (secondary N) is 3. The summed E-state index contributed by atoms with van der Waals surface area (Å²) in [5.74, 6) is 0.322. The highest BCUT2D eigenvalue weighted by Crippen LogP contribution is 2.23. The summed E-state index contributed by atoms with van der Waals surface area (Å²) in [4.78, 5) is 34.6. The van der Waals surface area contributed by atoms with Gasteiger partial charge in [0, 0.05) is 48.0 Å². The lowest BCUT2D eigenvalue weighted by molar-refractivity contribution is -0.121. The highest BCUT2D eigenvalue weighted by molar-refractivity contribution is 6.04. The molecule has 0 bridgehead atoms. The molecular formula is C23H25N5O2. The fraction of sp³-hybridized carbons (Fsp3) is 0.348. The van der Waals surface area contributed by atoms with Crippen molar-refractivity contribution in [3.63, 3.8) is 0 Å². The molecule has 7 nitrogen and oxygen atoms in total. The Balaban J connectivity index is 1.31. The molecule has 0 spiro atoms. The van der Waals surface area contributed by atoms with E-state index in [1.165, 1.54) is 18.5 Å². The predicted molar refractivity (Wildman–Crippen MR) is 115 cm³/mol. The number of amides is 2. The number of fused-ring (bicyclic) bond motifs is 2. The van der Waals surface area contributed by atoms with Crippen LogP contribution in [0.4, 0.5) is 5.82 Å². The lowest BCUT2D eigenvalue weighted by Crippen LogP contribution is -2.30. The number of carbonyl (C=O) groups is 2. The minimum absolute atomic E-state index is 0.0155. The number of hydrogen-bond acceptors (Lipinski definition) is 4. The number of likely N-dealkylation sites (tertiary alicyclic amines) is 1. The minimum Gasteiger partial charge on any atom is -0.357 e. The number of benzene rings is 1. The van der Waals surface area contributed by atoms with Crippen molar-refractivity contribution in [3.05, 3.63) is 58.9 Å². The Bertz CT molecular complexity index is 1140. The molecule has 30 heavy (non-hydrogen) atoms. The van der Waals surface area contributed by atoms with Crippen LogP contribution in [0.25, 0.3) is 10.9 Å². The van der Waals surface area contributed by atoms with E-state index in [4.69, 9.17) is 0 Å². The monoisotopic (exact) mass is 403 g/mol. The van der Waals surface area contributed by atoms with E-state index in [9.17, 15) is 9.59 Å². The highest BCUT2D eigenvalue weighted by Gasteiger charge is 2.21. The van der Waals surface area contributed by atoms with Crippen LogP contribution in [0.3, 0.4) is 0 Å². The first-order valence-electron chi connectivity index (χ1n) is 10.5. The van der Waals surface area contributed by atoms with Crippen LogP contribution in [-0.2, 0) is 24.3 Å². The van der Waals surface area contributed by atoms with E-state index in [-0.39, 0.29) is 11.8 Å². The summed E-state index contributed by atoms with van der Waals surface area (Å²) in [5.41, 5.74) is 4.65. The van der Waals surface area contributed by atoms with Crippen molar-refractivity contribution >= 4 is 28.5 Å². The van der Waals surface area contributed by atoms with Gasteiger partial charge in [0.25, 0.3) is 5.91 Å². The van der Waals surface area contributed by atoms with E-state index >= 15 is 0 Å². The zero-order valence-electron chi connectivity index (χ0n) is 17.0. The van der Waals surface area contributed by atoms with Gasteiger partial charge in [-0.1, -0.05) is 6.07 Å². The zero-order chi connectivity index (χ0) is 20.7. The maximum atomic E-state index is 12.7. The molecule has 3 aromatic rings. The van der Waals surface area contributed by atoms with Gasteiger partial charge in [-0.2, -0.15) is 0 Å². The Hall–Kier alpha value is -3.19. The number of aromatic nitrogens is 2. The molecule has 5 rings (SSSR count). The Morgan fingerprint density at radius 3 is 3.00 bits per heavy atom. The van der Waals surface area contributed by atoms with Gasteiger partial charge < -0.3 is 15.6 Å².